The van der Waals surface area contributed by atoms with Crippen LogP contribution >= 0.6 is 0 Å². The topological polar surface area (TPSA) is 107 Å². The van der Waals surface area contributed by atoms with Crippen molar-refractivity contribution in [3.63, 3.8) is 0 Å². The van der Waals surface area contributed by atoms with E-state index in [4.69, 9.17) is 0 Å². The second kappa shape index (κ2) is 4.95. The number of aromatic nitrogens is 2. The van der Waals surface area contributed by atoms with Gasteiger partial charge in [-0.1, -0.05) is 0 Å². The van der Waals surface area contributed by atoms with Gasteiger partial charge in [-0.3, -0.25) is 9.69 Å². The molecule has 1 aromatic heterocycles. The van der Waals surface area contributed by atoms with Gasteiger partial charge in [0.1, 0.15) is 18.1 Å². The summed E-state index contributed by atoms with van der Waals surface area (Å²) in [5, 5.41) is 15.0. The SMILES string of the molecule is CC(C)(C)N(C(=O)O)C1CNc2ncncc2NC1=O. The average molecular weight is 279 g/mol. The highest BCUT2D eigenvalue weighted by molar-refractivity contribution is 6.00. The van der Waals surface area contributed by atoms with Gasteiger partial charge in [0.2, 0.25) is 5.91 Å². The predicted octanol–water partition coefficient (Wildman–Crippen LogP) is 0.988. The second-order valence-corrected chi connectivity index (χ2v) is 5.49. The molecular formula is C12H17N5O3. The van der Waals surface area contributed by atoms with Crippen LogP contribution in [0.5, 0.6) is 0 Å². The molecule has 108 valence electrons. The number of nitrogens with one attached hydrogen (secondary N) is 2. The minimum absolute atomic E-state index is 0.152. The molecule has 0 spiro atoms. The van der Waals surface area contributed by atoms with Crippen LogP contribution in [0.2, 0.25) is 0 Å². The van der Waals surface area contributed by atoms with Gasteiger partial charge in [0, 0.05) is 12.1 Å². The van der Waals surface area contributed by atoms with Crippen LogP contribution in [0, 0.1) is 0 Å². The third-order valence-corrected chi connectivity index (χ3v) is 2.98. The molecule has 0 fully saturated rings. The summed E-state index contributed by atoms with van der Waals surface area (Å²) in [7, 11) is 0. The Kier molecular flexibility index (Phi) is 3.47. The molecule has 1 atom stereocenters. The molecule has 20 heavy (non-hydrogen) atoms. The Morgan fingerprint density at radius 1 is 1.50 bits per heavy atom. The van der Waals surface area contributed by atoms with Crippen molar-refractivity contribution in [3.05, 3.63) is 12.5 Å². The van der Waals surface area contributed by atoms with Crippen LogP contribution in [0.4, 0.5) is 16.3 Å². The number of carbonyl (C=O) groups is 2. The van der Waals surface area contributed by atoms with Crippen LogP contribution in [-0.2, 0) is 4.79 Å². The summed E-state index contributed by atoms with van der Waals surface area (Å²) in [6.07, 6.45) is 1.69. The van der Waals surface area contributed by atoms with Gasteiger partial charge >= 0.3 is 6.09 Å². The summed E-state index contributed by atoms with van der Waals surface area (Å²) in [5.74, 6) is 0.0819. The number of carbonyl (C=O) groups excluding carboxylic acids is 1. The van der Waals surface area contributed by atoms with Crippen molar-refractivity contribution < 1.29 is 14.7 Å². The third-order valence-electron chi connectivity index (χ3n) is 2.98. The molecule has 1 aliphatic heterocycles. The number of amides is 2. The van der Waals surface area contributed by atoms with Crippen LogP contribution in [0.15, 0.2) is 12.5 Å². The fourth-order valence-corrected chi connectivity index (χ4v) is 2.16. The molecule has 0 radical (unpaired) electrons. The first kappa shape index (κ1) is 14.0. The van der Waals surface area contributed by atoms with Crippen LogP contribution in [-0.4, -0.2) is 50.1 Å². The minimum atomic E-state index is -1.14. The number of nitrogens with zero attached hydrogens (tertiary/aromatic N) is 3. The maximum Gasteiger partial charge on any atom is 0.408 e. The van der Waals surface area contributed by atoms with E-state index in [2.05, 4.69) is 20.6 Å². The number of hydrogen-bond donors (Lipinski definition) is 3. The van der Waals surface area contributed by atoms with Crippen molar-refractivity contribution in [1.29, 1.82) is 0 Å². The Morgan fingerprint density at radius 3 is 2.80 bits per heavy atom. The highest BCUT2D eigenvalue weighted by Crippen LogP contribution is 2.24. The van der Waals surface area contributed by atoms with Crippen molar-refractivity contribution in [3.8, 4) is 0 Å². The normalized spacial score (nSPS) is 18.4. The smallest absolute Gasteiger partial charge is 0.408 e. The van der Waals surface area contributed by atoms with Gasteiger partial charge in [-0.25, -0.2) is 14.8 Å². The summed E-state index contributed by atoms with van der Waals surface area (Å²) in [5.41, 5.74) is -0.253. The number of fused-ring (bicyclic) bond motifs is 1. The molecule has 8 heteroatoms. The van der Waals surface area contributed by atoms with E-state index in [9.17, 15) is 14.7 Å². The lowest BCUT2D eigenvalue weighted by Gasteiger charge is -2.38. The Balaban J connectivity index is 2.31. The Bertz CT molecular complexity index is 540. The highest BCUT2D eigenvalue weighted by atomic mass is 16.4. The standard InChI is InChI=1S/C12H17N5O3/c1-12(2,3)17(11(19)20)8-5-14-9-7(16-10(8)18)4-13-6-15-9/h4,6,8H,5H2,1-3H3,(H,16,18)(H,19,20)(H,13,14,15). The van der Waals surface area contributed by atoms with Crippen molar-refractivity contribution in [2.45, 2.75) is 32.4 Å². The molecule has 2 rings (SSSR count). The second-order valence-electron chi connectivity index (χ2n) is 5.49. The van der Waals surface area contributed by atoms with Gasteiger partial charge in [-0.15, -0.1) is 0 Å². The monoisotopic (exact) mass is 279 g/mol. The van der Waals surface area contributed by atoms with Crippen LogP contribution < -0.4 is 10.6 Å². The first-order chi connectivity index (χ1) is 9.30. The number of rotatable bonds is 1. The van der Waals surface area contributed by atoms with Gasteiger partial charge < -0.3 is 15.7 Å². The molecule has 0 aliphatic carbocycles. The van der Waals surface area contributed by atoms with Gasteiger partial charge in [0.15, 0.2) is 5.82 Å². The Morgan fingerprint density at radius 2 is 2.20 bits per heavy atom. The van der Waals surface area contributed by atoms with Crippen LogP contribution in [0.25, 0.3) is 0 Å². The van der Waals surface area contributed by atoms with Gasteiger partial charge in [0.25, 0.3) is 0 Å². The number of hydrogen-bond acceptors (Lipinski definition) is 5. The average Bonchev–Trinajstić information content (AvgIpc) is 2.47. The van der Waals surface area contributed by atoms with Crippen molar-refractivity contribution in [1.82, 2.24) is 14.9 Å². The van der Waals surface area contributed by atoms with E-state index < -0.39 is 23.6 Å². The quantitative estimate of drug-likeness (QED) is 0.707. The molecule has 8 nitrogen and oxygen atoms in total. The first-order valence-electron chi connectivity index (χ1n) is 6.17. The lowest BCUT2D eigenvalue weighted by atomic mass is 10.0. The summed E-state index contributed by atoms with van der Waals surface area (Å²) in [6.45, 7) is 5.38. The van der Waals surface area contributed by atoms with E-state index in [1.807, 2.05) is 0 Å². The molecule has 1 unspecified atom stereocenters. The largest absolute Gasteiger partial charge is 0.465 e. The molecule has 0 bridgehead atoms. The lowest BCUT2D eigenvalue weighted by Crippen LogP contribution is -2.57. The predicted molar refractivity (Wildman–Crippen MR) is 72.6 cm³/mol. The molecule has 0 saturated carbocycles. The van der Waals surface area contributed by atoms with E-state index in [0.717, 1.165) is 4.90 Å². The van der Waals surface area contributed by atoms with Gasteiger partial charge in [-0.05, 0) is 20.8 Å². The summed E-state index contributed by atoms with van der Waals surface area (Å²) < 4.78 is 0. The van der Waals surface area contributed by atoms with E-state index in [-0.39, 0.29) is 6.54 Å². The number of anilines is 2. The summed E-state index contributed by atoms with van der Waals surface area (Å²) in [4.78, 5) is 32.7. The molecule has 1 aromatic rings. The first-order valence-corrected chi connectivity index (χ1v) is 6.17. The van der Waals surface area contributed by atoms with Crippen LogP contribution in [0.3, 0.4) is 0 Å². The van der Waals surface area contributed by atoms with E-state index in [1.54, 1.807) is 20.8 Å². The zero-order chi connectivity index (χ0) is 14.9. The minimum Gasteiger partial charge on any atom is -0.465 e. The van der Waals surface area contributed by atoms with Crippen molar-refractivity contribution >= 4 is 23.5 Å². The van der Waals surface area contributed by atoms with E-state index in [0.29, 0.717) is 11.5 Å². The maximum absolute atomic E-state index is 12.3. The lowest BCUT2D eigenvalue weighted by molar-refractivity contribution is -0.121. The van der Waals surface area contributed by atoms with Gasteiger partial charge in [-0.2, -0.15) is 0 Å². The van der Waals surface area contributed by atoms with Crippen molar-refractivity contribution in [2.24, 2.45) is 0 Å². The Labute approximate surface area is 116 Å². The molecule has 3 N–H and O–H groups in total. The molecule has 1 aliphatic rings. The zero-order valence-electron chi connectivity index (χ0n) is 11.5. The molecule has 0 saturated heterocycles. The Hall–Kier alpha value is -2.38. The van der Waals surface area contributed by atoms with E-state index in [1.165, 1.54) is 12.5 Å². The third kappa shape index (κ3) is 2.63. The van der Waals surface area contributed by atoms with E-state index >= 15 is 0 Å². The van der Waals surface area contributed by atoms with Crippen LogP contribution in [0.1, 0.15) is 20.8 Å². The molecule has 2 amide bonds. The fraction of sp³-hybridized carbons (Fsp3) is 0.500. The molecule has 2 heterocycles. The van der Waals surface area contributed by atoms with Gasteiger partial charge in [0.05, 0.1) is 6.20 Å². The zero-order valence-corrected chi connectivity index (χ0v) is 11.5. The van der Waals surface area contributed by atoms with Crippen molar-refractivity contribution in [2.75, 3.05) is 17.2 Å². The summed E-state index contributed by atoms with van der Waals surface area (Å²) >= 11 is 0. The number of carboxylic acid groups (broad SMARTS) is 1. The highest BCUT2D eigenvalue weighted by Gasteiger charge is 2.38. The molecular weight excluding hydrogens is 262 g/mol. The maximum atomic E-state index is 12.3. The fourth-order valence-electron chi connectivity index (χ4n) is 2.16. The molecule has 0 aromatic carbocycles. The summed E-state index contributed by atoms with van der Waals surface area (Å²) in [6, 6.07) is -0.846.